The van der Waals surface area contributed by atoms with Gasteiger partial charge in [0.05, 0.1) is 0 Å². The second kappa shape index (κ2) is 3.24. The molecule has 1 atom stereocenters. The Balaban J connectivity index is 2.22. The van der Waals surface area contributed by atoms with E-state index in [0.717, 1.165) is 19.6 Å². The molecule has 0 amide bonds. The number of para-hydroxylation sites is 1. The number of hydrogen-bond acceptors (Lipinski definition) is 2. The van der Waals surface area contributed by atoms with E-state index in [1.807, 2.05) is 0 Å². The van der Waals surface area contributed by atoms with Crippen LogP contribution < -0.4 is 10.2 Å². The monoisotopic (exact) mass is 216 g/mol. The Morgan fingerprint density at radius 3 is 3.00 bits per heavy atom. The predicted octanol–water partition coefficient (Wildman–Crippen LogP) is 2.45. The molecule has 0 fully saturated rings. The molecule has 0 saturated heterocycles. The zero-order valence-electron chi connectivity index (χ0n) is 10.4. The molecule has 0 spiro atoms. The van der Waals surface area contributed by atoms with E-state index in [4.69, 9.17) is 0 Å². The van der Waals surface area contributed by atoms with Crippen LogP contribution in [-0.4, -0.2) is 19.6 Å². The van der Waals surface area contributed by atoms with Crippen molar-refractivity contribution in [2.45, 2.75) is 32.2 Å². The molecule has 0 radical (unpaired) electrons. The first-order chi connectivity index (χ1) is 7.59. The van der Waals surface area contributed by atoms with Crippen molar-refractivity contribution in [3.05, 3.63) is 29.3 Å². The van der Waals surface area contributed by atoms with Gasteiger partial charge in [0.2, 0.25) is 0 Å². The van der Waals surface area contributed by atoms with Crippen molar-refractivity contribution in [3.8, 4) is 0 Å². The van der Waals surface area contributed by atoms with Gasteiger partial charge in [0.1, 0.15) is 0 Å². The van der Waals surface area contributed by atoms with Crippen LogP contribution in [0.15, 0.2) is 18.2 Å². The summed E-state index contributed by atoms with van der Waals surface area (Å²) in [5, 5.41) is 3.58. The van der Waals surface area contributed by atoms with Gasteiger partial charge < -0.3 is 10.2 Å². The minimum atomic E-state index is 0.308. The van der Waals surface area contributed by atoms with Gasteiger partial charge in [0.15, 0.2) is 0 Å². The first-order valence-corrected chi connectivity index (χ1v) is 6.21. The Bertz CT molecular complexity index is 423. The van der Waals surface area contributed by atoms with E-state index in [-0.39, 0.29) is 0 Å². The van der Waals surface area contributed by atoms with Crippen molar-refractivity contribution in [3.63, 3.8) is 0 Å². The van der Waals surface area contributed by atoms with Crippen LogP contribution in [0.2, 0.25) is 0 Å². The summed E-state index contributed by atoms with van der Waals surface area (Å²) in [5.74, 6) is 0. The lowest BCUT2D eigenvalue weighted by Gasteiger charge is -2.21. The highest BCUT2D eigenvalue weighted by Gasteiger charge is 2.37. The Morgan fingerprint density at radius 1 is 1.38 bits per heavy atom. The van der Waals surface area contributed by atoms with Crippen LogP contribution in [0.3, 0.4) is 0 Å². The summed E-state index contributed by atoms with van der Waals surface area (Å²) in [6, 6.07) is 7.27. The molecule has 0 aliphatic carbocycles. The highest BCUT2D eigenvalue weighted by molar-refractivity contribution is 5.68. The van der Waals surface area contributed by atoms with Crippen LogP contribution >= 0.6 is 0 Å². The lowest BCUT2D eigenvalue weighted by atomic mass is 9.85. The summed E-state index contributed by atoms with van der Waals surface area (Å²) in [5.41, 5.74) is 4.81. The molecular weight excluding hydrogens is 196 g/mol. The third kappa shape index (κ3) is 1.29. The van der Waals surface area contributed by atoms with Crippen LogP contribution in [-0.2, 0) is 5.41 Å². The Labute approximate surface area is 97.6 Å². The van der Waals surface area contributed by atoms with Crippen LogP contribution in [0.1, 0.15) is 37.9 Å². The number of nitrogens with one attached hydrogen (secondary N) is 1. The van der Waals surface area contributed by atoms with E-state index in [1.54, 1.807) is 0 Å². The van der Waals surface area contributed by atoms with Gasteiger partial charge in [0, 0.05) is 36.8 Å². The summed E-state index contributed by atoms with van der Waals surface area (Å²) >= 11 is 0. The van der Waals surface area contributed by atoms with Gasteiger partial charge in [-0.15, -0.1) is 0 Å². The van der Waals surface area contributed by atoms with Gasteiger partial charge in [-0.05, 0) is 18.1 Å². The van der Waals surface area contributed by atoms with E-state index < -0.39 is 0 Å². The largest absolute Gasteiger partial charge is 0.369 e. The molecule has 16 heavy (non-hydrogen) atoms. The number of nitrogens with zero attached hydrogens (tertiary/aromatic N) is 1. The van der Waals surface area contributed by atoms with E-state index >= 15 is 0 Å². The number of hydrogen-bond donors (Lipinski definition) is 1. The standard InChI is InChI=1S/C14H20N2/c1-10-11-5-4-6-12-13(11)16(8-7-15-10)9-14(12,2)3/h4-6,10,15H,7-9H2,1-3H3. The normalized spacial score (nSPS) is 26.4. The fourth-order valence-electron chi connectivity index (χ4n) is 3.17. The molecule has 2 nitrogen and oxygen atoms in total. The first-order valence-electron chi connectivity index (χ1n) is 6.21. The van der Waals surface area contributed by atoms with Gasteiger partial charge in [-0.25, -0.2) is 0 Å². The van der Waals surface area contributed by atoms with E-state index in [2.05, 4.69) is 49.2 Å². The maximum atomic E-state index is 3.58. The Kier molecular flexibility index (Phi) is 2.05. The highest BCUT2D eigenvalue weighted by Crippen LogP contribution is 2.44. The number of rotatable bonds is 0. The van der Waals surface area contributed by atoms with Crippen LogP contribution in [0.25, 0.3) is 0 Å². The lowest BCUT2D eigenvalue weighted by molar-refractivity contribution is 0.534. The fourth-order valence-corrected chi connectivity index (χ4v) is 3.17. The SMILES string of the molecule is CC1NCCN2CC(C)(C)c3cccc1c32. The molecule has 1 N–H and O–H groups in total. The third-order valence-corrected chi connectivity index (χ3v) is 4.00. The smallest absolute Gasteiger partial charge is 0.0454 e. The minimum Gasteiger partial charge on any atom is -0.369 e. The minimum absolute atomic E-state index is 0.308. The molecule has 1 unspecified atom stereocenters. The van der Waals surface area contributed by atoms with Crippen molar-refractivity contribution < 1.29 is 0 Å². The van der Waals surface area contributed by atoms with E-state index in [0.29, 0.717) is 11.5 Å². The van der Waals surface area contributed by atoms with Crippen molar-refractivity contribution in [2.75, 3.05) is 24.5 Å². The van der Waals surface area contributed by atoms with Crippen molar-refractivity contribution in [2.24, 2.45) is 0 Å². The van der Waals surface area contributed by atoms with Crippen molar-refractivity contribution in [1.29, 1.82) is 0 Å². The third-order valence-electron chi connectivity index (χ3n) is 4.00. The average molecular weight is 216 g/mol. The zero-order chi connectivity index (χ0) is 11.3. The summed E-state index contributed by atoms with van der Waals surface area (Å²) in [6.07, 6.45) is 0. The molecular formula is C14H20N2. The number of anilines is 1. The average Bonchev–Trinajstić information content (AvgIpc) is 2.40. The second-order valence-electron chi connectivity index (χ2n) is 5.72. The summed E-state index contributed by atoms with van der Waals surface area (Å²) in [4.78, 5) is 2.56. The van der Waals surface area contributed by atoms with Crippen molar-refractivity contribution in [1.82, 2.24) is 5.32 Å². The molecule has 2 aliphatic rings. The molecule has 2 aliphatic heterocycles. The summed E-state index contributed by atoms with van der Waals surface area (Å²) in [7, 11) is 0. The van der Waals surface area contributed by atoms with Crippen LogP contribution in [0.4, 0.5) is 5.69 Å². The molecule has 0 bridgehead atoms. The summed E-state index contributed by atoms with van der Waals surface area (Å²) < 4.78 is 0. The topological polar surface area (TPSA) is 15.3 Å². The van der Waals surface area contributed by atoms with Crippen LogP contribution in [0.5, 0.6) is 0 Å². The highest BCUT2D eigenvalue weighted by atomic mass is 15.2. The molecule has 1 aromatic rings. The van der Waals surface area contributed by atoms with E-state index in [1.165, 1.54) is 16.8 Å². The van der Waals surface area contributed by atoms with Gasteiger partial charge in [-0.3, -0.25) is 0 Å². The molecule has 0 aromatic heterocycles. The molecule has 1 aromatic carbocycles. The van der Waals surface area contributed by atoms with Gasteiger partial charge in [0.25, 0.3) is 0 Å². The molecule has 2 heterocycles. The molecule has 2 heteroatoms. The van der Waals surface area contributed by atoms with Crippen molar-refractivity contribution >= 4 is 5.69 Å². The van der Waals surface area contributed by atoms with Gasteiger partial charge in [-0.2, -0.15) is 0 Å². The molecule has 86 valence electrons. The Morgan fingerprint density at radius 2 is 2.19 bits per heavy atom. The number of benzene rings is 1. The maximum Gasteiger partial charge on any atom is 0.0454 e. The predicted molar refractivity (Wildman–Crippen MR) is 68.1 cm³/mol. The van der Waals surface area contributed by atoms with Gasteiger partial charge >= 0.3 is 0 Å². The Hall–Kier alpha value is -1.02. The van der Waals surface area contributed by atoms with Gasteiger partial charge in [-0.1, -0.05) is 32.0 Å². The van der Waals surface area contributed by atoms with Crippen LogP contribution in [0, 0.1) is 0 Å². The molecule has 0 saturated carbocycles. The second-order valence-corrected chi connectivity index (χ2v) is 5.72. The first kappa shape index (κ1) is 10.2. The zero-order valence-corrected chi connectivity index (χ0v) is 10.4. The molecule has 3 rings (SSSR count). The maximum absolute atomic E-state index is 3.58. The lowest BCUT2D eigenvalue weighted by Crippen LogP contribution is -2.32. The fraction of sp³-hybridized carbons (Fsp3) is 0.571. The summed E-state index contributed by atoms with van der Waals surface area (Å²) in [6.45, 7) is 10.4. The quantitative estimate of drug-likeness (QED) is 0.716. The van der Waals surface area contributed by atoms with E-state index in [9.17, 15) is 0 Å².